The van der Waals surface area contributed by atoms with Crippen molar-refractivity contribution in [1.82, 2.24) is 19.7 Å². The first-order chi connectivity index (χ1) is 12.5. The van der Waals surface area contributed by atoms with Crippen molar-refractivity contribution in [2.75, 3.05) is 6.54 Å². The summed E-state index contributed by atoms with van der Waals surface area (Å²) >= 11 is 0. The molecule has 3 rings (SSSR count). The predicted octanol–water partition coefficient (Wildman–Crippen LogP) is 2.86. The van der Waals surface area contributed by atoms with Crippen LogP contribution in [-0.2, 0) is 17.9 Å². The number of amides is 1. The Morgan fingerprint density at radius 1 is 1.15 bits per heavy atom. The van der Waals surface area contributed by atoms with Crippen molar-refractivity contribution in [2.24, 2.45) is 0 Å². The van der Waals surface area contributed by atoms with Crippen LogP contribution in [0.25, 0.3) is 10.9 Å². The van der Waals surface area contributed by atoms with Gasteiger partial charge in [0.1, 0.15) is 6.54 Å². The largest absolute Gasteiger partial charge is 0.354 e. The monoisotopic (exact) mass is 352 g/mol. The summed E-state index contributed by atoms with van der Waals surface area (Å²) in [5.74, 6) is -0.117. The van der Waals surface area contributed by atoms with E-state index in [2.05, 4.69) is 39.4 Å². The second-order valence-electron chi connectivity index (χ2n) is 6.53. The summed E-state index contributed by atoms with van der Waals surface area (Å²) in [4.78, 5) is 23.8. The van der Waals surface area contributed by atoms with Crippen molar-refractivity contribution in [2.45, 2.75) is 40.3 Å². The summed E-state index contributed by atoms with van der Waals surface area (Å²) in [7, 11) is 0. The number of nitrogens with one attached hydrogen (secondary N) is 1. The highest BCUT2D eigenvalue weighted by Gasteiger charge is 2.16. The van der Waals surface area contributed by atoms with Crippen molar-refractivity contribution in [1.29, 1.82) is 0 Å². The molecule has 2 aromatic heterocycles. The molecule has 0 fully saturated rings. The van der Waals surface area contributed by atoms with Crippen LogP contribution >= 0.6 is 0 Å². The SMILES string of the molecule is CC(=O)c1c(C)nn(CC(=O)NCCCn2ccc3ccccc32)c1C. The van der Waals surface area contributed by atoms with Gasteiger partial charge in [-0.3, -0.25) is 14.3 Å². The van der Waals surface area contributed by atoms with Gasteiger partial charge in [0.25, 0.3) is 0 Å². The zero-order valence-electron chi connectivity index (χ0n) is 15.5. The van der Waals surface area contributed by atoms with Crippen LogP contribution in [0.15, 0.2) is 36.5 Å². The fourth-order valence-corrected chi connectivity index (χ4v) is 3.37. The topological polar surface area (TPSA) is 68.9 Å². The number of carbonyl (C=O) groups is 2. The molecule has 0 saturated heterocycles. The van der Waals surface area contributed by atoms with E-state index < -0.39 is 0 Å². The Kier molecular flexibility index (Phi) is 5.21. The molecule has 1 N–H and O–H groups in total. The number of nitrogens with zero attached hydrogens (tertiary/aromatic N) is 3. The molecule has 136 valence electrons. The van der Waals surface area contributed by atoms with Gasteiger partial charge < -0.3 is 9.88 Å². The van der Waals surface area contributed by atoms with Gasteiger partial charge in [0.15, 0.2) is 5.78 Å². The molecule has 0 aliphatic heterocycles. The van der Waals surface area contributed by atoms with Crippen LogP contribution < -0.4 is 5.32 Å². The number of fused-ring (bicyclic) bond motifs is 1. The minimum Gasteiger partial charge on any atom is -0.354 e. The highest BCUT2D eigenvalue weighted by Crippen LogP contribution is 2.15. The fourth-order valence-electron chi connectivity index (χ4n) is 3.37. The number of para-hydroxylation sites is 1. The Labute approximate surface area is 152 Å². The van der Waals surface area contributed by atoms with Crippen molar-refractivity contribution < 1.29 is 9.59 Å². The highest BCUT2D eigenvalue weighted by molar-refractivity contribution is 5.96. The average Bonchev–Trinajstić information content (AvgIpc) is 3.13. The normalized spacial score (nSPS) is 11.0. The van der Waals surface area contributed by atoms with Gasteiger partial charge in [-0.25, -0.2) is 0 Å². The van der Waals surface area contributed by atoms with E-state index in [1.165, 1.54) is 17.8 Å². The van der Waals surface area contributed by atoms with Crippen molar-refractivity contribution >= 4 is 22.6 Å². The second-order valence-corrected chi connectivity index (χ2v) is 6.53. The summed E-state index contributed by atoms with van der Waals surface area (Å²) in [5, 5.41) is 8.46. The Hall–Kier alpha value is -2.89. The van der Waals surface area contributed by atoms with E-state index in [0.29, 0.717) is 17.8 Å². The minimum absolute atomic E-state index is 0.0226. The Bertz CT molecular complexity index is 952. The molecule has 0 aliphatic rings. The molecule has 0 aliphatic carbocycles. The van der Waals surface area contributed by atoms with Crippen LogP contribution in [0.3, 0.4) is 0 Å². The molecule has 0 bridgehead atoms. The van der Waals surface area contributed by atoms with Gasteiger partial charge in [-0.15, -0.1) is 0 Å². The van der Waals surface area contributed by atoms with Gasteiger partial charge in [0.05, 0.1) is 11.3 Å². The lowest BCUT2D eigenvalue weighted by atomic mass is 10.1. The van der Waals surface area contributed by atoms with Gasteiger partial charge in [-0.1, -0.05) is 18.2 Å². The molecule has 1 aromatic carbocycles. The molecule has 6 heteroatoms. The number of aryl methyl sites for hydroxylation is 2. The molecular formula is C20H24N4O2. The summed E-state index contributed by atoms with van der Waals surface area (Å²) in [6, 6.07) is 10.4. The van der Waals surface area contributed by atoms with Crippen LogP contribution in [0.1, 0.15) is 35.1 Å². The number of Topliss-reactive ketones (excluding diaryl/α,β-unsaturated/α-hetero) is 1. The van der Waals surface area contributed by atoms with Crippen LogP contribution in [0.5, 0.6) is 0 Å². The number of carbonyl (C=O) groups excluding carboxylic acids is 2. The molecule has 0 unspecified atom stereocenters. The third-order valence-electron chi connectivity index (χ3n) is 4.61. The van der Waals surface area contributed by atoms with Gasteiger partial charge in [0, 0.05) is 30.5 Å². The van der Waals surface area contributed by atoms with Crippen molar-refractivity contribution in [3.8, 4) is 0 Å². The van der Waals surface area contributed by atoms with Gasteiger partial charge >= 0.3 is 0 Å². The number of hydrogen-bond donors (Lipinski definition) is 1. The van der Waals surface area contributed by atoms with Crippen LogP contribution in [0, 0.1) is 13.8 Å². The van der Waals surface area contributed by atoms with Crippen molar-refractivity contribution in [3.63, 3.8) is 0 Å². The number of ketones is 1. The molecule has 6 nitrogen and oxygen atoms in total. The van der Waals surface area contributed by atoms with Gasteiger partial charge in [0.2, 0.25) is 5.91 Å². The first-order valence-electron chi connectivity index (χ1n) is 8.83. The maximum absolute atomic E-state index is 12.2. The van der Waals surface area contributed by atoms with Crippen LogP contribution in [-0.4, -0.2) is 32.6 Å². The summed E-state index contributed by atoms with van der Waals surface area (Å²) in [6.07, 6.45) is 2.92. The van der Waals surface area contributed by atoms with E-state index >= 15 is 0 Å². The zero-order valence-corrected chi connectivity index (χ0v) is 15.5. The van der Waals surface area contributed by atoms with Crippen LogP contribution in [0.4, 0.5) is 0 Å². The fraction of sp³-hybridized carbons (Fsp3) is 0.350. The maximum Gasteiger partial charge on any atom is 0.241 e. The lowest BCUT2D eigenvalue weighted by Gasteiger charge is -2.08. The molecule has 1 amide bonds. The molecule has 26 heavy (non-hydrogen) atoms. The smallest absolute Gasteiger partial charge is 0.241 e. The Morgan fingerprint density at radius 3 is 2.65 bits per heavy atom. The zero-order chi connectivity index (χ0) is 18.7. The molecule has 0 radical (unpaired) electrons. The molecule has 3 aromatic rings. The molecule has 0 spiro atoms. The van der Waals surface area contributed by atoms with E-state index in [1.54, 1.807) is 11.6 Å². The third-order valence-corrected chi connectivity index (χ3v) is 4.61. The molecule has 0 saturated carbocycles. The van der Waals surface area contributed by atoms with Gasteiger partial charge in [-0.05, 0) is 44.7 Å². The summed E-state index contributed by atoms with van der Waals surface area (Å²) < 4.78 is 3.79. The van der Waals surface area contributed by atoms with E-state index in [0.717, 1.165) is 18.7 Å². The van der Waals surface area contributed by atoms with Gasteiger partial charge in [-0.2, -0.15) is 5.10 Å². The summed E-state index contributed by atoms with van der Waals surface area (Å²) in [5.41, 5.74) is 3.22. The standard InChI is InChI=1S/C20H24N4O2/c1-14-20(16(3)25)15(2)24(22-14)13-19(26)21-10-6-11-23-12-9-17-7-4-5-8-18(17)23/h4-5,7-9,12H,6,10-11,13H2,1-3H3,(H,21,26). The number of aromatic nitrogens is 3. The number of benzene rings is 1. The third kappa shape index (κ3) is 3.69. The first kappa shape index (κ1) is 17.9. The molecule has 2 heterocycles. The first-order valence-corrected chi connectivity index (χ1v) is 8.83. The Morgan fingerprint density at radius 2 is 1.92 bits per heavy atom. The summed E-state index contributed by atoms with van der Waals surface area (Å²) in [6.45, 7) is 6.71. The quantitative estimate of drug-likeness (QED) is 0.525. The number of rotatable bonds is 7. The predicted molar refractivity (Wildman–Crippen MR) is 101 cm³/mol. The lowest BCUT2D eigenvalue weighted by molar-refractivity contribution is -0.121. The minimum atomic E-state index is -0.0944. The van der Waals surface area contributed by atoms with E-state index in [1.807, 2.05) is 19.1 Å². The second kappa shape index (κ2) is 7.56. The lowest BCUT2D eigenvalue weighted by Crippen LogP contribution is -2.29. The van der Waals surface area contributed by atoms with E-state index in [9.17, 15) is 9.59 Å². The molecule has 0 atom stereocenters. The Balaban J connectivity index is 1.50. The van der Waals surface area contributed by atoms with E-state index in [-0.39, 0.29) is 18.2 Å². The molecular weight excluding hydrogens is 328 g/mol. The maximum atomic E-state index is 12.2. The number of hydrogen-bond acceptors (Lipinski definition) is 3. The highest BCUT2D eigenvalue weighted by atomic mass is 16.2. The van der Waals surface area contributed by atoms with Crippen molar-refractivity contribution in [3.05, 3.63) is 53.5 Å². The van der Waals surface area contributed by atoms with Crippen LogP contribution in [0.2, 0.25) is 0 Å². The van der Waals surface area contributed by atoms with E-state index in [4.69, 9.17) is 0 Å². The average molecular weight is 352 g/mol.